The van der Waals surface area contributed by atoms with Crippen molar-refractivity contribution in [3.63, 3.8) is 0 Å². The van der Waals surface area contributed by atoms with Crippen LogP contribution < -0.4 is 16.0 Å². The van der Waals surface area contributed by atoms with E-state index in [0.29, 0.717) is 6.04 Å². The Morgan fingerprint density at radius 2 is 2.14 bits per heavy atom. The first-order valence-corrected chi connectivity index (χ1v) is 7.98. The molecule has 0 bridgehead atoms. The predicted molar refractivity (Wildman–Crippen MR) is 84.2 cm³/mol. The van der Waals surface area contributed by atoms with Crippen LogP contribution >= 0.6 is 11.8 Å². The quantitative estimate of drug-likeness (QED) is 0.702. The van der Waals surface area contributed by atoms with E-state index in [1.54, 1.807) is 6.92 Å². The molecule has 21 heavy (non-hydrogen) atoms. The molecule has 1 aliphatic rings. The number of carbonyl (C=O) groups excluding carboxylic acids is 2. The number of imide groups is 1. The van der Waals surface area contributed by atoms with E-state index in [0.717, 1.165) is 11.4 Å². The first-order valence-electron chi connectivity index (χ1n) is 7.10. The van der Waals surface area contributed by atoms with Crippen molar-refractivity contribution in [2.24, 2.45) is 0 Å². The molecule has 1 aliphatic carbocycles. The highest BCUT2D eigenvalue weighted by molar-refractivity contribution is 8.00. The molecule has 0 radical (unpaired) electrons. The maximum atomic E-state index is 11.8. The van der Waals surface area contributed by atoms with E-state index < -0.39 is 6.03 Å². The van der Waals surface area contributed by atoms with Crippen LogP contribution in [0.1, 0.15) is 25.3 Å². The van der Waals surface area contributed by atoms with E-state index in [4.69, 9.17) is 0 Å². The van der Waals surface area contributed by atoms with Crippen LogP contribution in [-0.4, -0.2) is 30.3 Å². The SMILES string of the molecule is CNC(=O)NC(=O)C(C)Sc1cccc(CNC2CC2)c1. The van der Waals surface area contributed by atoms with Gasteiger partial charge in [0.1, 0.15) is 0 Å². The zero-order valence-electron chi connectivity index (χ0n) is 12.3. The summed E-state index contributed by atoms with van der Waals surface area (Å²) in [5.41, 5.74) is 1.21. The molecule has 0 aromatic heterocycles. The number of hydrogen-bond acceptors (Lipinski definition) is 4. The Kier molecular flexibility index (Phi) is 5.64. The highest BCUT2D eigenvalue weighted by Crippen LogP contribution is 2.25. The zero-order valence-corrected chi connectivity index (χ0v) is 13.1. The first-order chi connectivity index (χ1) is 10.1. The van der Waals surface area contributed by atoms with Crippen LogP contribution in [0.4, 0.5) is 4.79 Å². The molecule has 0 spiro atoms. The third-order valence-electron chi connectivity index (χ3n) is 3.22. The molecule has 1 unspecified atom stereocenters. The average Bonchev–Trinajstić information content (AvgIpc) is 3.29. The molecule has 1 saturated carbocycles. The molecular weight excluding hydrogens is 286 g/mol. The molecule has 3 N–H and O–H groups in total. The normalized spacial score (nSPS) is 15.3. The number of amides is 3. The molecule has 0 aliphatic heterocycles. The smallest absolute Gasteiger partial charge is 0.321 e. The molecule has 6 heteroatoms. The van der Waals surface area contributed by atoms with Crippen LogP contribution in [0.15, 0.2) is 29.2 Å². The molecule has 1 fully saturated rings. The van der Waals surface area contributed by atoms with Gasteiger partial charge in [0, 0.05) is 24.5 Å². The number of hydrogen-bond donors (Lipinski definition) is 3. The van der Waals surface area contributed by atoms with Gasteiger partial charge in [-0.3, -0.25) is 10.1 Å². The molecule has 2 rings (SSSR count). The van der Waals surface area contributed by atoms with Crippen molar-refractivity contribution < 1.29 is 9.59 Å². The summed E-state index contributed by atoms with van der Waals surface area (Å²) in [4.78, 5) is 24.0. The second-order valence-corrected chi connectivity index (χ2v) is 6.55. The molecule has 1 atom stereocenters. The second kappa shape index (κ2) is 7.47. The number of carbonyl (C=O) groups is 2. The number of thioether (sulfide) groups is 1. The summed E-state index contributed by atoms with van der Waals surface area (Å²) in [7, 11) is 1.48. The maximum Gasteiger partial charge on any atom is 0.321 e. The summed E-state index contributed by atoms with van der Waals surface area (Å²) < 4.78 is 0. The van der Waals surface area contributed by atoms with Gasteiger partial charge in [-0.25, -0.2) is 4.79 Å². The lowest BCUT2D eigenvalue weighted by molar-refractivity contribution is -0.119. The van der Waals surface area contributed by atoms with Crippen molar-refractivity contribution in [3.05, 3.63) is 29.8 Å². The van der Waals surface area contributed by atoms with Crippen LogP contribution in [0.25, 0.3) is 0 Å². The van der Waals surface area contributed by atoms with Gasteiger partial charge in [0.2, 0.25) is 5.91 Å². The maximum absolute atomic E-state index is 11.8. The van der Waals surface area contributed by atoms with Gasteiger partial charge < -0.3 is 10.6 Å². The van der Waals surface area contributed by atoms with E-state index in [-0.39, 0.29) is 11.2 Å². The Balaban J connectivity index is 1.87. The number of rotatable bonds is 6. The Labute approximate surface area is 129 Å². The van der Waals surface area contributed by atoms with E-state index in [2.05, 4.69) is 28.1 Å². The van der Waals surface area contributed by atoms with Crippen LogP contribution in [0.3, 0.4) is 0 Å². The summed E-state index contributed by atoms with van der Waals surface area (Å²) in [5.74, 6) is -0.291. The molecule has 114 valence electrons. The molecule has 0 heterocycles. The monoisotopic (exact) mass is 307 g/mol. The van der Waals surface area contributed by atoms with E-state index in [1.165, 1.54) is 37.2 Å². The minimum atomic E-state index is -0.477. The van der Waals surface area contributed by atoms with Crippen molar-refractivity contribution in [3.8, 4) is 0 Å². The third kappa shape index (κ3) is 5.40. The van der Waals surface area contributed by atoms with Crippen molar-refractivity contribution in [2.75, 3.05) is 7.05 Å². The summed E-state index contributed by atoms with van der Waals surface area (Å²) in [5, 5.41) is 7.80. The summed E-state index contributed by atoms with van der Waals surface area (Å²) in [6.07, 6.45) is 2.54. The highest BCUT2D eigenvalue weighted by Gasteiger charge is 2.20. The standard InChI is InChI=1S/C15H21N3O2S/c1-10(14(19)18-15(20)16-2)21-13-5-3-4-11(8-13)9-17-12-6-7-12/h3-5,8,10,12,17H,6-7,9H2,1-2H3,(H2,16,18,19,20). The Hall–Kier alpha value is -1.53. The van der Waals surface area contributed by atoms with Crippen molar-refractivity contribution >= 4 is 23.7 Å². The Morgan fingerprint density at radius 1 is 1.38 bits per heavy atom. The Bertz CT molecular complexity index is 517. The lowest BCUT2D eigenvalue weighted by Crippen LogP contribution is -2.41. The van der Waals surface area contributed by atoms with Crippen LogP contribution in [0, 0.1) is 0 Å². The number of benzene rings is 1. The highest BCUT2D eigenvalue weighted by atomic mass is 32.2. The molecule has 5 nitrogen and oxygen atoms in total. The third-order valence-corrected chi connectivity index (χ3v) is 4.31. The summed E-state index contributed by atoms with van der Waals surface area (Å²) >= 11 is 1.45. The summed E-state index contributed by atoms with van der Waals surface area (Å²) in [6.45, 7) is 2.65. The minimum Gasteiger partial charge on any atom is -0.341 e. The number of nitrogens with one attached hydrogen (secondary N) is 3. The van der Waals surface area contributed by atoms with E-state index in [9.17, 15) is 9.59 Å². The van der Waals surface area contributed by atoms with Gasteiger partial charge in [-0.2, -0.15) is 0 Å². The average molecular weight is 307 g/mol. The van der Waals surface area contributed by atoms with Crippen molar-refractivity contribution in [1.82, 2.24) is 16.0 Å². The zero-order chi connectivity index (χ0) is 15.2. The largest absolute Gasteiger partial charge is 0.341 e. The minimum absolute atomic E-state index is 0.291. The van der Waals surface area contributed by atoms with Crippen LogP contribution in [0.2, 0.25) is 0 Å². The first kappa shape index (κ1) is 15.9. The van der Waals surface area contributed by atoms with Gasteiger partial charge in [-0.15, -0.1) is 11.8 Å². The fourth-order valence-electron chi connectivity index (χ4n) is 1.81. The van der Waals surface area contributed by atoms with Crippen LogP contribution in [-0.2, 0) is 11.3 Å². The summed E-state index contributed by atoms with van der Waals surface area (Å²) in [6, 6.07) is 8.34. The van der Waals surface area contributed by atoms with Gasteiger partial charge >= 0.3 is 6.03 Å². The topological polar surface area (TPSA) is 70.2 Å². The van der Waals surface area contributed by atoms with Gasteiger partial charge in [0.05, 0.1) is 5.25 Å². The predicted octanol–water partition coefficient (Wildman–Crippen LogP) is 1.87. The molecular formula is C15H21N3O2S. The van der Waals surface area contributed by atoms with E-state index >= 15 is 0 Å². The van der Waals surface area contributed by atoms with Crippen molar-refractivity contribution in [2.45, 2.75) is 42.5 Å². The van der Waals surface area contributed by atoms with Gasteiger partial charge in [0.15, 0.2) is 0 Å². The van der Waals surface area contributed by atoms with Gasteiger partial charge in [-0.05, 0) is 37.5 Å². The Morgan fingerprint density at radius 3 is 2.81 bits per heavy atom. The fourth-order valence-corrected chi connectivity index (χ4v) is 2.76. The lowest BCUT2D eigenvalue weighted by atomic mass is 10.2. The molecule has 1 aromatic carbocycles. The van der Waals surface area contributed by atoms with Gasteiger partial charge in [0.25, 0.3) is 0 Å². The molecule has 1 aromatic rings. The van der Waals surface area contributed by atoms with Crippen LogP contribution in [0.5, 0.6) is 0 Å². The van der Waals surface area contributed by atoms with E-state index in [1.807, 2.05) is 12.1 Å². The lowest BCUT2D eigenvalue weighted by Gasteiger charge is -2.12. The fraction of sp³-hybridized carbons (Fsp3) is 0.467. The number of urea groups is 1. The van der Waals surface area contributed by atoms with Gasteiger partial charge in [-0.1, -0.05) is 12.1 Å². The molecule has 3 amide bonds. The molecule has 0 saturated heterocycles. The second-order valence-electron chi connectivity index (χ2n) is 5.13. The van der Waals surface area contributed by atoms with Crippen molar-refractivity contribution in [1.29, 1.82) is 0 Å².